The van der Waals surface area contributed by atoms with E-state index in [2.05, 4.69) is 14.6 Å². The maximum Gasteiger partial charge on any atom is 0.261 e. The summed E-state index contributed by atoms with van der Waals surface area (Å²) < 4.78 is 35.1. The number of amides is 1. The number of carbonyl (C=O) groups excluding carboxylic acids is 1. The normalized spacial score (nSPS) is 18.8. The van der Waals surface area contributed by atoms with E-state index in [0.29, 0.717) is 41.7 Å². The third-order valence-corrected chi connectivity index (χ3v) is 8.64. The van der Waals surface area contributed by atoms with E-state index in [1.54, 1.807) is 35.5 Å². The first-order valence-electron chi connectivity index (χ1n) is 13.1. The number of carbonyl (C=O) groups is 1. The Morgan fingerprint density at radius 3 is 2.55 bits per heavy atom. The molecule has 2 aromatic carbocycles. The second kappa shape index (κ2) is 13.0. The van der Waals surface area contributed by atoms with Crippen LogP contribution in [0.5, 0.6) is 5.75 Å². The highest BCUT2D eigenvalue weighted by Crippen LogP contribution is 2.30. The molecular formula is C29H35ClN4O5S. The van der Waals surface area contributed by atoms with Crippen LogP contribution in [-0.2, 0) is 27.8 Å². The van der Waals surface area contributed by atoms with Gasteiger partial charge in [-0.1, -0.05) is 18.5 Å². The van der Waals surface area contributed by atoms with Crippen molar-refractivity contribution < 1.29 is 23.1 Å². The predicted octanol–water partition coefficient (Wildman–Crippen LogP) is 3.82. The van der Waals surface area contributed by atoms with Crippen molar-refractivity contribution in [1.29, 1.82) is 0 Å². The lowest BCUT2D eigenvalue weighted by molar-refractivity contribution is -0.134. The zero-order valence-electron chi connectivity index (χ0n) is 22.8. The summed E-state index contributed by atoms with van der Waals surface area (Å²) in [6.45, 7) is 5.38. The Kier molecular flexibility index (Phi) is 9.68. The van der Waals surface area contributed by atoms with Gasteiger partial charge in [0.1, 0.15) is 11.9 Å². The van der Waals surface area contributed by atoms with E-state index < -0.39 is 10.0 Å². The maximum atomic E-state index is 13.4. The number of fused-ring (bicyclic) bond motifs is 1. The predicted molar refractivity (Wildman–Crippen MR) is 155 cm³/mol. The molecule has 40 heavy (non-hydrogen) atoms. The van der Waals surface area contributed by atoms with Gasteiger partial charge in [0.2, 0.25) is 5.91 Å². The number of anilines is 1. The molecule has 0 unspecified atom stereocenters. The molecule has 0 aliphatic carbocycles. The summed E-state index contributed by atoms with van der Waals surface area (Å²) in [4.78, 5) is 21.4. The number of halogens is 1. The molecule has 0 fully saturated rings. The lowest BCUT2D eigenvalue weighted by Gasteiger charge is -2.34. The molecule has 2 N–H and O–H groups in total. The molecule has 1 aromatic heterocycles. The Balaban J connectivity index is 1.63. The van der Waals surface area contributed by atoms with Crippen molar-refractivity contribution in [3.8, 4) is 5.75 Å². The smallest absolute Gasteiger partial charge is 0.261 e. The largest absolute Gasteiger partial charge is 0.488 e. The number of nitrogens with zero attached hydrogens (tertiary/aromatic N) is 3. The Morgan fingerprint density at radius 2 is 1.88 bits per heavy atom. The summed E-state index contributed by atoms with van der Waals surface area (Å²) in [5, 5.41) is 10.3. The van der Waals surface area contributed by atoms with Crippen LogP contribution in [0.4, 0.5) is 5.69 Å². The molecule has 0 saturated heterocycles. The maximum absolute atomic E-state index is 13.4. The van der Waals surface area contributed by atoms with Gasteiger partial charge < -0.3 is 14.7 Å². The molecule has 9 nitrogen and oxygen atoms in total. The Bertz CT molecular complexity index is 1410. The highest BCUT2D eigenvalue weighted by Gasteiger charge is 2.31. The summed E-state index contributed by atoms with van der Waals surface area (Å²) in [6.07, 6.45) is 3.25. The fourth-order valence-corrected chi connectivity index (χ4v) is 5.89. The number of benzene rings is 2. The second-order valence-corrected chi connectivity index (χ2v) is 12.4. The van der Waals surface area contributed by atoms with E-state index in [1.165, 1.54) is 24.3 Å². The fourth-order valence-electron chi connectivity index (χ4n) is 4.71. The monoisotopic (exact) mass is 586 g/mol. The van der Waals surface area contributed by atoms with Crippen molar-refractivity contribution in [2.45, 2.75) is 43.9 Å². The van der Waals surface area contributed by atoms with Gasteiger partial charge in [-0.05, 0) is 74.1 Å². The van der Waals surface area contributed by atoms with Crippen LogP contribution in [0.3, 0.4) is 0 Å². The summed E-state index contributed by atoms with van der Waals surface area (Å²) >= 11 is 5.91. The van der Waals surface area contributed by atoms with Gasteiger partial charge in [-0.3, -0.25) is 19.4 Å². The van der Waals surface area contributed by atoms with Crippen LogP contribution >= 0.6 is 11.6 Å². The summed E-state index contributed by atoms with van der Waals surface area (Å²) in [7, 11) is -1.86. The number of aliphatic hydroxyl groups excluding tert-OH is 1. The molecule has 4 rings (SSSR count). The number of aromatic nitrogens is 1. The van der Waals surface area contributed by atoms with Crippen molar-refractivity contribution >= 4 is 33.2 Å². The lowest BCUT2D eigenvalue weighted by Crippen LogP contribution is -2.47. The van der Waals surface area contributed by atoms with E-state index in [1.807, 2.05) is 33.0 Å². The van der Waals surface area contributed by atoms with Crippen LogP contribution in [0.25, 0.3) is 0 Å². The van der Waals surface area contributed by atoms with E-state index in [9.17, 15) is 18.3 Å². The standard InChI is InChI=1S/C29H35ClN4O5S/c1-20-16-34(21(2)19-35)29(36)15-23-14-25(32-40(37,38)26-7-4-24(30)5-8-26)6-9-27(23)39-28(20)18-33(3)17-22-10-12-31-13-11-22/h4-14,20-21,28,32,35H,15-19H2,1-3H3/t20-,21+,28-/m1/s1. The molecule has 0 spiro atoms. The molecule has 11 heteroatoms. The third kappa shape index (κ3) is 7.51. The summed E-state index contributed by atoms with van der Waals surface area (Å²) in [5.74, 6) is 0.309. The number of sulfonamides is 1. The van der Waals surface area contributed by atoms with Gasteiger partial charge in [0, 0.05) is 54.2 Å². The summed E-state index contributed by atoms with van der Waals surface area (Å²) in [6, 6.07) is 14.4. The van der Waals surface area contributed by atoms with E-state index in [4.69, 9.17) is 16.3 Å². The molecule has 3 atom stereocenters. The van der Waals surface area contributed by atoms with Gasteiger partial charge in [-0.15, -0.1) is 0 Å². The van der Waals surface area contributed by atoms with Crippen LogP contribution in [0, 0.1) is 5.92 Å². The van der Waals surface area contributed by atoms with Crippen molar-refractivity contribution in [2.75, 3.05) is 31.5 Å². The van der Waals surface area contributed by atoms with Gasteiger partial charge in [0.05, 0.1) is 24.0 Å². The van der Waals surface area contributed by atoms with Crippen molar-refractivity contribution in [1.82, 2.24) is 14.8 Å². The first-order valence-corrected chi connectivity index (χ1v) is 15.0. The quantitative estimate of drug-likeness (QED) is 0.392. The average Bonchev–Trinajstić information content (AvgIpc) is 2.96. The lowest BCUT2D eigenvalue weighted by atomic mass is 10.0. The van der Waals surface area contributed by atoms with Crippen LogP contribution < -0.4 is 9.46 Å². The SMILES string of the molecule is C[C@@H]1CN([C@@H](C)CO)C(=O)Cc2cc(NS(=O)(=O)c3ccc(Cl)cc3)ccc2O[C@@H]1CN(C)Cc1ccncc1. The highest BCUT2D eigenvalue weighted by atomic mass is 35.5. The first kappa shape index (κ1) is 29.8. The van der Waals surface area contributed by atoms with Crippen LogP contribution in [0.15, 0.2) is 71.9 Å². The van der Waals surface area contributed by atoms with Crippen molar-refractivity contribution in [3.63, 3.8) is 0 Å². The third-order valence-electron chi connectivity index (χ3n) is 6.99. The molecule has 0 saturated carbocycles. The zero-order chi connectivity index (χ0) is 28.9. The van der Waals surface area contributed by atoms with Crippen molar-refractivity contribution in [3.05, 3.63) is 83.1 Å². The minimum atomic E-state index is -3.88. The second-order valence-electron chi connectivity index (χ2n) is 10.3. The first-order chi connectivity index (χ1) is 19.1. The Morgan fingerprint density at radius 1 is 1.18 bits per heavy atom. The average molecular weight is 587 g/mol. The van der Waals surface area contributed by atoms with Gasteiger partial charge in [0.15, 0.2) is 0 Å². The van der Waals surface area contributed by atoms with Crippen LogP contribution in [0.2, 0.25) is 5.02 Å². The van der Waals surface area contributed by atoms with Crippen LogP contribution in [-0.4, -0.2) is 73.1 Å². The molecule has 1 aliphatic rings. The number of hydrogen-bond donors (Lipinski definition) is 2. The topological polar surface area (TPSA) is 112 Å². The highest BCUT2D eigenvalue weighted by molar-refractivity contribution is 7.92. The van der Waals surface area contributed by atoms with Crippen molar-refractivity contribution in [2.24, 2.45) is 5.92 Å². The van der Waals surface area contributed by atoms with E-state index >= 15 is 0 Å². The fraction of sp³-hybridized carbons (Fsp3) is 0.379. The molecule has 1 amide bonds. The van der Waals surface area contributed by atoms with E-state index in [-0.39, 0.29) is 41.9 Å². The molecule has 3 aromatic rings. The zero-order valence-corrected chi connectivity index (χ0v) is 24.4. The summed E-state index contributed by atoms with van der Waals surface area (Å²) in [5.41, 5.74) is 2.00. The molecule has 1 aliphatic heterocycles. The van der Waals surface area contributed by atoms with Gasteiger partial charge >= 0.3 is 0 Å². The molecule has 0 bridgehead atoms. The molecule has 2 heterocycles. The van der Waals surface area contributed by atoms with Gasteiger partial charge in [-0.2, -0.15) is 0 Å². The Labute approximate surface area is 240 Å². The van der Waals surface area contributed by atoms with Gasteiger partial charge in [-0.25, -0.2) is 8.42 Å². The minimum Gasteiger partial charge on any atom is -0.488 e. The number of pyridine rings is 1. The number of likely N-dealkylation sites (N-methyl/N-ethyl adjacent to an activating group) is 1. The van der Waals surface area contributed by atoms with Crippen LogP contribution in [0.1, 0.15) is 25.0 Å². The van der Waals surface area contributed by atoms with Gasteiger partial charge in [0.25, 0.3) is 10.0 Å². The number of ether oxygens (including phenoxy) is 1. The number of hydrogen-bond acceptors (Lipinski definition) is 7. The molecule has 214 valence electrons. The number of nitrogens with one attached hydrogen (secondary N) is 1. The number of rotatable bonds is 9. The Hall–Kier alpha value is -3.18. The molecular weight excluding hydrogens is 552 g/mol. The minimum absolute atomic E-state index is 0.00246. The molecule has 0 radical (unpaired) electrons. The number of aliphatic hydroxyl groups is 1. The van der Waals surface area contributed by atoms with E-state index in [0.717, 1.165) is 5.56 Å².